The summed E-state index contributed by atoms with van der Waals surface area (Å²) >= 11 is 0. The fourth-order valence-corrected chi connectivity index (χ4v) is 1.68. The number of phenolic OH excluding ortho intramolecular Hbond substituents is 3. The first kappa shape index (κ1) is 13.2. The highest BCUT2D eigenvalue weighted by Gasteiger charge is 2.14. The second-order valence-electron chi connectivity index (χ2n) is 4.35. The molecule has 1 aromatic heterocycles. The van der Waals surface area contributed by atoms with Crippen molar-refractivity contribution in [2.45, 2.75) is 26.4 Å². The topological polar surface area (TPSA) is 98.8 Å². The van der Waals surface area contributed by atoms with Gasteiger partial charge in [-0.3, -0.25) is 0 Å². The minimum atomic E-state index is -0.515. The number of phenols is 3. The first-order chi connectivity index (χ1) is 8.99. The summed E-state index contributed by atoms with van der Waals surface area (Å²) in [4.78, 5) is 4.10. The van der Waals surface area contributed by atoms with Gasteiger partial charge in [0, 0.05) is 12.1 Å². The Bertz CT molecular complexity index is 580. The van der Waals surface area contributed by atoms with E-state index in [1.165, 1.54) is 12.1 Å². The minimum Gasteiger partial charge on any atom is -0.504 e. The first-order valence-electron chi connectivity index (χ1n) is 5.87. The molecule has 6 heteroatoms. The highest BCUT2D eigenvalue weighted by atomic mass is 16.4. The zero-order valence-electron chi connectivity index (χ0n) is 10.7. The van der Waals surface area contributed by atoms with Crippen LogP contribution in [0, 0.1) is 6.92 Å². The van der Waals surface area contributed by atoms with Gasteiger partial charge in [-0.25, -0.2) is 4.98 Å². The van der Waals surface area contributed by atoms with Crippen LogP contribution in [0.5, 0.6) is 17.2 Å². The van der Waals surface area contributed by atoms with Gasteiger partial charge < -0.3 is 25.1 Å². The number of hydrogen-bond donors (Lipinski definition) is 4. The van der Waals surface area contributed by atoms with E-state index in [2.05, 4.69) is 10.3 Å². The van der Waals surface area contributed by atoms with Gasteiger partial charge in [-0.05, 0) is 19.9 Å². The van der Waals surface area contributed by atoms with E-state index in [4.69, 9.17) is 4.42 Å². The summed E-state index contributed by atoms with van der Waals surface area (Å²) in [6.07, 6.45) is 1.64. The summed E-state index contributed by atoms with van der Waals surface area (Å²) in [5.74, 6) is 0.0913. The lowest BCUT2D eigenvalue weighted by Crippen LogP contribution is -2.18. The van der Waals surface area contributed by atoms with Crippen LogP contribution in [0.15, 0.2) is 22.7 Å². The maximum atomic E-state index is 9.68. The third-order valence-corrected chi connectivity index (χ3v) is 2.82. The minimum absolute atomic E-state index is 0.135. The lowest BCUT2D eigenvalue weighted by Gasteiger charge is -2.12. The van der Waals surface area contributed by atoms with Crippen LogP contribution in [0.1, 0.15) is 30.2 Å². The summed E-state index contributed by atoms with van der Waals surface area (Å²) in [6.45, 7) is 4.00. The average Bonchev–Trinajstić information content (AvgIpc) is 2.81. The molecule has 0 radical (unpaired) electrons. The molecule has 0 aliphatic heterocycles. The van der Waals surface area contributed by atoms with Crippen molar-refractivity contribution >= 4 is 0 Å². The Morgan fingerprint density at radius 3 is 2.63 bits per heavy atom. The number of oxazole rings is 1. The summed E-state index contributed by atoms with van der Waals surface area (Å²) < 4.78 is 5.38. The molecule has 0 saturated heterocycles. The number of rotatable bonds is 4. The van der Waals surface area contributed by atoms with E-state index in [0.717, 1.165) is 5.76 Å². The van der Waals surface area contributed by atoms with Crippen molar-refractivity contribution in [3.8, 4) is 17.2 Å². The number of nitrogens with one attached hydrogen (secondary N) is 1. The highest BCUT2D eigenvalue weighted by molar-refractivity contribution is 5.53. The molecule has 0 bridgehead atoms. The van der Waals surface area contributed by atoms with Crippen LogP contribution in [0.25, 0.3) is 0 Å². The van der Waals surface area contributed by atoms with E-state index >= 15 is 0 Å². The van der Waals surface area contributed by atoms with Crippen molar-refractivity contribution in [2.75, 3.05) is 0 Å². The van der Waals surface area contributed by atoms with Crippen LogP contribution in [-0.4, -0.2) is 20.3 Å². The van der Waals surface area contributed by atoms with Gasteiger partial charge in [0.05, 0.1) is 12.2 Å². The van der Waals surface area contributed by atoms with Crippen molar-refractivity contribution in [2.24, 2.45) is 0 Å². The maximum absolute atomic E-state index is 9.68. The Morgan fingerprint density at radius 2 is 2.00 bits per heavy atom. The number of nitrogens with zero attached hydrogens (tertiary/aromatic N) is 1. The van der Waals surface area contributed by atoms with Crippen LogP contribution in [0.3, 0.4) is 0 Å². The number of aromatic nitrogens is 1. The average molecular weight is 264 g/mol. The Kier molecular flexibility index (Phi) is 3.62. The summed E-state index contributed by atoms with van der Waals surface area (Å²) in [7, 11) is 0. The molecule has 0 saturated carbocycles. The van der Waals surface area contributed by atoms with Crippen molar-refractivity contribution in [1.82, 2.24) is 10.3 Å². The molecule has 0 aliphatic carbocycles. The Labute approximate surface area is 110 Å². The van der Waals surface area contributed by atoms with Gasteiger partial charge in [-0.2, -0.15) is 0 Å². The predicted octanol–water partition coefficient (Wildman–Crippen LogP) is 1.95. The summed E-state index contributed by atoms with van der Waals surface area (Å²) in [5, 5.41) is 31.4. The van der Waals surface area contributed by atoms with E-state index in [9.17, 15) is 15.3 Å². The van der Waals surface area contributed by atoms with Crippen molar-refractivity contribution < 1.29 is 19.7 Å². The lowest BCUT2D eigenvalue weighted by atomic mass is 10.1. The van der Waals surface area contributed by atoms with E-state index in [-0.39, 0.29) is 17.5 Å². The highest BCUT2D eigenvalue weighted by Crippen LogP contribution is 2.37. The molecule has 102 valence electrons. The van der Waals surface area contributed by atoms with Gasteiger partial charge >= 0.3 is 0 Å². The zero-order valence-corrected chi connectivity index (χ0v) is 10.7. The molecule has 4 N–H and O–H groups in total. The van der Waals surface area contributed by atoms with Crippen LogP contribution < -0.4 is 5.32 Å². The predicted molar refractivity (Wildman–Crippen MR) is 67.9 cm³/mol. The monoisotopic (exact) mass is 264 g/mol. The summed E-state index contributed by atoms with van der Waals surface area (Å²) in [5.41, 5.74) is 0.477. The standard InChI is InChI=1S/C13H16N2O4/c1-7-5-15-13(19-7)8(2)14-6-9-3-4-10(16)12(18)11(9)17/h3-5,8,14,16-18H,6H2,1-2H3. The smallest absolute Gasteiger partial charge is 0.211 e. The summed E-state index contributed by atoms with van der Waals surface area (Å²) in [6, 6.07) is 2.72. The lowest BCUT2D eigenvalue weighted by molar-refractivity contribution is 0.361. The Balaban J connectivity index is 2.05. The molecule has 0 spiro atoms. The second kappa shape index (κ2) is 5.19. The van der Waals surface area contributed by atoms with Gasteiger partial charge in [0.2, 0.25) is 11.6 Å². The van der Waals surface area contributed by atoms with Crippen LogP contribution in [0.2, 0.25) is 0 Å². The normalized spacial score (nSPS) is 12.5. The van der Waals surface area contributed by atoms with Crippen LogP contribution in [-0.2, 0) is 6.54 Å². The SMILES string of the molecule is Cc1cnc(C(C)NCc2ccc(O)c(O)c2O)o1. The van der Waals surface area contributed by atoms with Gasteiger partial charge in [0.15, 0.2) is 11.5 Å². The Hall–Kier alpha value is -2.21. The van der Waals surface area contributed by atoms with Crippen LogP contribution >= 0.6 is 0 Å². The zero-order chi connectivity index (χ0) is 14.0. The number of aryl methyl sites for hydroxylation is 1. The molecule has 1 unspecified atom stereocenters. The van der Waals surface area contributed by atoms with Gasteiger partial charge in [0.25, 0.3) is 0 Å². The molecule has 1 aromatic carbocycles. The molecular weight excluding hydrogens is 248 g/mol. The molecule has 6 nitrogen and oxygen atoms in total. The molecule has 2 rings (SSSR count). The maximum Gasteiger partial charge on any atom is 0.211 e. The van der Waals surface area contributed by atoms with Gasteiger partial charge in [0.1, 0.15) is 5.76 Å². The van der Waals surface area contributed by atoms with E-state index in [1.807, 2.05) is 13.8 Å². The van der Waals surface area contributed by atoms with Crippen molar-refractivity contribution in [3.63, 3.8) is 0 Å². The van der Waals surface area contributed by atoms with E-state index in [0.29, 0.717) is 18.0 Å². The molecule has 2 aromatic rings. The van der Waals surface area contributed by atoms with Crippen LogP contribution in [0.4, 0.5) is 0 Å². The largest absolute Gasteiger partial charge is 0.504 e. The van der Waals surface area contributed by atoms with E-state index in [1.54, 1.807) is 6.20 Å². The van der Waals surface area contributed by atoms with Crippen molar-refractivity contribution in [3.05, 3.63) is 35.5 Å². The second-order valence-corrected chi connectivity index (χ2v) is 4.35. The number of hydrogen-bond acceptors (Lipinski definition) is 6. The van der Waals surface area contributed by atoms with Gasteiger partial charge in [-0.15, -0.1) is 0 Å². The molecule has 0 aliphatic rings. The molecule has 1 heterocycles. The third-order valence-electron chi connectivity index (χ3n) is 2.82. The Morgan fingerprint density at radius 1 is 1.26 bits per heavy atom. The first-order valence-corrected chi connectivity index (χ1v) is 5.87. The van der Waals surface area contributed by atoms with Crippen molar-refractivity contribution in [1.29, 1.82) is 0 Å². The van der Waals surface area contributed by atoms with E-state index < -0.39 is 5.75 Å². The molecule has 0 fully saturated rings. The third kappa shape index (κ3) is 2.79. The molecular formula is C13H16N2O4. The van der Waals surface area contributed by atoms with Gasteiger partial charge in [-0.1, -0.05) is 6.07 Å². The molecule has 0 amide bonds. The molecule has 1 atom stereocenters. The quantitative estimate of drug-likeness (QED) is 0.630. The number of benzene rings is 1. The fourth-order valence-electron chi connectivity index (χ4n) is 1.68. The molecule has 19 heavy (non-hydrogen) atoms. The fraction of sp³-hybridized carbons (Fsp3) is 0.308. The number of aromatic hydroxyl groups is 3.